The van der Waals surface area contributed by atoms with Gasteiger partial charge in [0.25, 0.3) is 0 Å². The number of fused-ring (bicyclic) bond motifs is 1. The van der Waals surface area contributed by atoms with Gasteiger partial charge in [-0.25, -0.2) is 4.90 Å². The van der Waals surface area contributed by atoms with Crippen LogP contribution < -0.4 is 14.4 Å². The van der Waals surface area contributed by atoms with E-state index in [2.05, 4.69) is 40.2 Å². The second-order valence-electron chi connectivity index (χ2n) is 8.42. The normalized spacial score (nSPS) is 29.1. The third-order valence-electron chi connectivity index (χ3n) is 7.13. The Kier molecular flexibility index (Phi) is 3.26. The van der Waals surface area contributed by atoms with Gasteiger partial charge in [-0.05, 0) is 34.4 Å². The Morgan fingerprint density at radius 1 is 0.839 bits per heavy atom. The molecule has 3 aromatic rings. The van der Waals surface area contributed by atoms with Gasteiger partial charge >= 0.3 is 0 Å². The van der Waals surface area contributed by atoms with E-state index in [0.29, 0.717) is 17.2 Å². The van der Waals surface area contributed by atoms with Crippen molar-refractivity contribution in [3.8, 4) is 11.5 Å². The van der Waals surface area contributed by atoms with Gasteiger partial charge in [-0.15, -0.1) is 0 Å². The maximum atomic E-state index is 13.9. The van der Waals surface area contributed by atoms with Crippen molar-refractivity contribution in [1.82, 2.24) is 0 Å². The van der Waals surface area contributed by atoms with Crippen molar-refractivity contribution in [3.05, 3.63) is 89.0 Å². The Hall–Kier alpha value is -3.12. The molecule has 2 bridgehead atoms. The highest BCUT2D eigenvalue weighted by atomic mass is 79.9. The fourth-order valence-electron chi connectivity index (χ4n) is 5.96. The maximum absolute atomic E-state index is 13.9. The zero-order valence-corrected chi connectivity index (χ0v) is 17.8. The van der Waals surface area contributed by atoms with E-state index in [9.17, 15) is 9.59 Å². The summed E-state index contributed by atoms with van der Waals surface area (Å²) in [6, 6.07) is 21.5. The standard InChI is InChI=1S/C25H16BrNO4/c26-25-16-7-3-1-5-14(16)20(15-6-2-4-8-17(15)25)21-22(25)24(29)27(23(21)28)13-9-10-18-19(11-13)31-12-30-18/h1-11,20-22H,12H2/t20?,21-,22-,25?/m1/s1. The highest BCUT2D eigenvalue weighted by molar-refractivity contribution is 9.09. The topological polar surface area (TPSA) is 55.8 Å². The number of halogens is 1. The van der Waals surface area contributed by atoms with E-state index in [1.54, 1.807) is 18.2 Å². The molecule has 5 aliphatic rings. The summed E-state index contributed by atoms with van der Waals surface area (Å²) in [7, 11) is 0. The second kappa shape index (κ2) is 5.77. The van der Waals surface area contributed by atoms with E-state index >= 15 is 0 Å². The molecule has 1 fully saturated rings. The first-order valence-corrected chi connectivity index (χ1v) is 11.0. The summed E-state index contributed by atoms with van der Waals surface area (Å²) in [5.41, 5.74) is 4.92. The molecule has 31 heavy (non-hydrogen) atoms. The van der Waals surface area contributed by atoms with Crippen LogP contribution in [-0.2, 0) is 13.9 Å². The Morgan fingerprint density at radius 3 is 2.19 bits per heavy atom. The lowest BCUT2D eigenvalue weighted by Gasteiger charge is -2.51. The molecule has 0 unspecified atom stereocenters. The lowest BCUT2D eigenvalue weighted by molar-refractivity contribution is -0.122. The maximum Gasteiger partial charge on any atom is 0.239 e. The SMILES string of the molecule is O=C1[C@@H]2C3c4ccccc4C(Br)(c4ccccc43)[C@H]2C(=O)N1c1ccc2c(c1)OCO2. The van der Waals surface area contributed by atoms with Gasteiger partial charge < -0.3 is 9.47 Å². The molecule has 2 heterocycles. The van der Waals surface area contributed by atoms with Gasteiger partial charge in [0, 0.05) is 12.0 Å². The molecule has 3 aliphatic carbocycles. The number of imide groups is 1. The number of ether oxygens (including phenoxy) is 2. The van der Waals surface area contributed by atoms with Crippen LogP contribution >= 0.6 is 15.9 Å². The predicted molar refractivity (Wildman–Crippen MR) is 116 cm³/mol. The Morgan fingerprint density at radius 2 is 1.48 bits per heavy atom. The van der Waals surface area contributed by atoms with Crippen LogP contribution in [-0.4, -0.2) is 18.6 Å². The average Bonchev–Trinajstić information content (AvgIpc) is 3.37. The molecule has 5 nitrogen and oxygen atoms in total. The molecule has 6 heteroatoms. The van der Waals surface area contributed by atoms with Gasteiger partial charge in [-0.1, -0.05) is 64.5 Å². The van der Waals surface area contributed by atoms with Crippen molar-refractivity contribution < 1.29 is 19.1 Å². The number of anilines is 1. The van der Waals surface area contributed by atoms with E-state index in [0.717, 1.165) is 22.3 Å². The Bertz CT molecular complexity index is 1270. The molecule has 8 rings (SSSR count). The van der Waals surface area contributed by atoms with Crippen LogP contribution in [0.1, 0.15) is 28.2 Å². The van der Waals surface area contributed by atoms with Crippen LogP contribution in [0.25, 0.3) is 0 Å². The number of alkyl halides is 1. The predicted octanol–water partition coefficient (Wildman–Crippen LogP) is 4.32. The molecule has 1 saturated heterocycles. The Balaban J connectivity index is 1.45. The van der Waals surface area contributed by atoms with Gasteiger partial charge in [0.05, 0.1) is 21.8 Å². The number of amides is 2. The molecular weight excluding hydrogens is 458 g/mol. The molecule has 0 aromatic heterocycles. The van der Waals surface area contributed by atoms with Crippen molar-refractivity contribution in [1.29, 1.82) is 0 Å². The molecule has 0 spiro atoms. The van der Waals surface area contributed by atoms with Crippen LogP contribution in [0.5, 0.6) is 11.5 Å². The molecule has 3 aromatic carbocycles. The van der Waals surface area contributed by atoms with Crippen LogP contribution in [0.2, 0.25) is 0 Å². The van der Waals surface area contributed by atoms with Crippen LogP contribution in [0.4, 0.5) is 5.69 Å². The number of carbonyl (C=O) groups is 2. The summed E-state index contributed by atoms with van der Waals surface area (Å²) in [6.45, 7) is 0.142. The molecule has 2 atom stereocenters. The lowest BCUT2D eigenvalue weighted by Crippen LogP contribution is -2.50. The van der Waals surface area contributed by atoms with Crippen molar-refractivity contribution >= 4 is 33.4 Å². The van der Waals surface area contributed by atoms with Gasteiger partial charge in [0.1, 0.15) is 0 Å². The first-order chi connectivity index (χ1) is 15.1. The highest BCUT2D eigenvalue weighted by Gasteiger charge is 2.67. The van der Waals surface area contributed by atoms with Crippen molar-refractivity contribution in [2.45, 2.75) is 10.2 Å². The largest absolute Gasteiger partial charge is 0.454 e. The molecule has 2 amide bonds. The van der Waals surface area contributed by atoms with Crippen molar-refractivity contribution in [2.24, 2.45) is 11.8 Å². The minimum atomic E-state index is -0.739. The van der Waals surface area contributed by atoms with E-state index in [1.807, 2.05) is 24.3 Å². The highest BCUT2D eigenvalue weighted by Crippen LogP contribution is 2.66. The van der Waals surface area contributed by atoms with Crippen LogP contribution in [0.15, 0.2) is 66.7 Å². The van der Waals surface area contributed by atoms with E-state index < -0.39 is 16.2 Å². The number of hydrogen-bond acceptors (Lipinski definition) is 4. The summed E-state index contributed by atoms with van der Waals surface area (Å²) >= 11 is 4.01. The molecular formula is C25H16BrNO4. The lowest BCUT2D eigenvalue weighted by atomic mass is 9.55. The van der Waals surface area contributed by atoms with Crippen LogP contribution in [0, 0.1) is 11.8 Å². The van der Waals surface area contributed by atoms with Gasteiger partial charge in [-0.3, -0.25) is 9.59 Å². The quantitative estimate of drug-likeness (QED) is 0.390. The Labute approximate surface area is 186 Å². The number of hydrogen-bond donors (Lipinski definition) is 0. The zero-order valence-electron chi connectivity index (χ0n) is 16.2. The smallest absolute Gasteiger partial charge is 0.239 e. The minimum absolute atomic E-state index is 0.142. The fourth-order valence-corrected chi connectivity index (χ4v) is 7.16. The minimum Gasteiger partial charge on any atom is -0.454 e. The summed E-state index contributed by atoms with van der Waals surface area (Å²) in [4.78, 5) is 29.0. The van der Waals surface area contributed by atoms with Crippen molar-refractivity contribution in [3.63, 3.8) is 0 Å². The zero-order chi connectivity index (χ0) is 20.9. The van der Waals surface area contributed by atoms with E-state index in [1.165, 1.54) is 4.90 Å². The molecule has 0 N–H and O–H groups in total. The fraction of sp³-hybridized carbons (Fsp3) is 0.200. The third-order valence-corrected chi connectivity index (χ3v) is 8.48. The van der Waals surface area contributed by atoms with Gasteiger partial charge in [0.2, 0.25) is 18.6 Å². The number of benzene rings is 3. The molecule has 0 saturated carbocycles. The van der Waals surface area contributed by atoms with Crippen LogP contribution in [0.3, 0.4) is 0 Å². The van der Waals surface area contributed by atoms with E-state index in [-0.39, 0.29) is 24.5 Å². The summed E-state index contributed by atoms with van der Waals surface area (Å²) in [6.07, 6.45) is 0. The summed E-state index contributed by atoms with van der Waals surface area (Å²) < 4.78 is 10.1. The number of rotatable bonds is 1. The van der Waals surface area contributed by atoms with Gasteiger partial charge in [-0.2, -0.15) is 0 Å². The molecule has 2 aliphatic heterocycles. The monoisotopic (exact) mass is 473 g/mol. The first kappa shape index (κ1) is 17.5. The third kappa shape index (κ3) is 1.97. The summed E-state index contributed by atoms with van der Waals surface area (Å²) in [5, 5.41) is 0. The second-order valence-corrected chi connectivity index (χ2v) is 9.67. The first-order valence-electron chi connectivity index (χ1n) is 10.3. The number of nitrogens with zero attached hydrogens (tertiary/aromatic N) is 1. The van der Waals surface area contributed by atoms with Crippen molar-refractivity contribution in [2.75, 3.05) is 11.7 Å². The number of carbonyl (C=O) groups excluding carboxylic acids is 2. The average molecular weight is 474 g/mol. The molecule has 0 radical (unpaired) electrons. The molecule has 152 valence electrons. The van der Waals surface area contributed by atoms with Gasteiger partial charge in [0.15, 0.2) is 11.5 Å². The summed E-state index contributed by atoms with van der Waals surface area (Å²) in [5.74, 6) is -0.283. The van der Waals surface area contributed by atoms with E-state index in [4.69, 9.17) is 9.47 Å².